The summed E-state index contributed by atoms with van der Waals surface area (Å²) < 4.78 is 0. The van der Waals surface area contributed by atoms with Crippen LogP contribution < -0.4 is 10.6 Å². The van der Waals surface area contributed by atoms with E-state index in [-0.39, 0.29) is 5.91 Å². The number of hydrogen-bond acceptors (Lipinski definition) is 5. The molecule has 6 nitrogen and oxygen atoms in total. The van der Waals surface area contributed by atoms with E-state index in [1.807, 2.05) is 14.1 Å². The molecule has 0 aliphatic rings. The Hall–Kier alpha value is -1.69. The Morgan fingerprint density at radius 2 is 1.94 bits per heavy atom. The second kappa shape index (κ2) is 6.80. The van der Waals surface area contributed by atoms with Gasteiger partial charge in [-0.05, 0) is 26.2 Å². The van der Waals surface area contributed by atoms with Crippen molar-refractivity contribution in [2.45, 2.75) is 13.3 Å². The lowest BCUT2D eigenvalue weighted by Gasteiger charge is -2.10. The van der Waals surface area contributed by atoms with E-state index in [1.165, 1.54) is 0 Å². The molecule has 0 fully saturated rings. The van der Waals surface area contributed by atoms with Crippen LogP contribution in [0, 0.1) is 0 Å². The summed E-state index contributed by atoms with van der Waals surface area (Å²) in [7, 11) is 4.02. The Labute approximate surface area is 101 Å². The van der Waals surface area contributed by atoms with E-state index in [4.69, 9.17) is 0 Å². The van der Waals surface area contributed by atoms with Gasteiger partial charge in [0.05, 0.1) is 0 Å². The maximum absolute atomic E-state index is 11.1. The van der Waals surface area contributed by atoms with Crippen LogP contribution in [0.25, 0.3) is 0 Å². The van der Waals surface area contributed by atoms with E-state index in [9.17, 15) is 4.79 Å². The zero-order chi connectivity index (χ0) is 12.7. The van der Waals surface area contributed by atoms with Gasteiger partial charge in [0.15, 0.2) is 5.82 Å². The highest BCUT2D eigenvalue weighted by molar-refractivity contribution is 5.89. The van der Waals surface area contributed by atoms with Gasteiger partial charge in [0, 0.05) is 19.5 Å². The average molecular weight is 237 g/mol. The molecule has 0 unspecified atom stereocenters. The first-order valence-corrected chi connectivity index (χ1v) is 5.64. The van der Waals surface area contributed by atoms with E-state index >= 15 is 0 Å². The molecule has 0 saturated carbocycles. The number of carbonyl (C=O) groups excluding carboxylic acids is 1. The molecular formula is C11H19N5O. The van der Waals surface area contributed by atoms with Gasteiger partial charge < -0.3 is 15.5 Å². The Morgan fingerprint density at radius 1 is 1.29 bits per heavy atom. The molecule has 1 aromatic heterocycles. The third-order valence-corrected chi connectivity index (χ3v) is 2.12. The van der Waals surface area contributed by atoms with Crippen LogP contribution in [0.3, 0.4) is 0 Å². The molecule has 1 amide bonds. The summed E-state index contributed by atoms with van der Waals surface area (Å²) in [5.74, 6) is 1.13. The maximum atomic E-state index is 11.1. The van der Waals surface area contributed by atoms with E-state index in [0.29, 0.717) is 18.1 Å². The van der Waals surface area contributed by atoms with Gasteiger partial charge in [-0.3, -0.25) is 4.79 Å². The topological polar surface area (TPSA) is 70.2 Å². The third-order valence-electron chi connectivity index (χ3n) is 2.12. The van der Waals surface area contributed by atoms with Crippen LogP contribution in [0.1, 0.15) is 13.3 Å². The molecule has 0 bridgehead atoms. The molecule has 0 saturated heterocycles. The van der Waals surface area contributed by atoms with Crippen LogP contribution in [0.4, 0.5) is 11.6 Å². The number of aromatic nitrogens is 2. The number of likely N-dealkylation sites (N-methyl/N-ethyl adjacent to an activating group) is 1. The quantitative estimate of drug-likeness (QED) is 0.765. The second-order valence-electron chi connectivity index (χ2n) is 3.94. The molecule has 0 aliphatic heterocycles. The molecule has 1 heterocycles. The lowest BCUT2D eigenvalue weighted by molar-refractivity contribution is -0.115. The Bertz CT molecular complexity index is 349. The Kier molecular flexibility index (Phi) is 5.35. The third kappa shape index (κ3) is 5.26. The fourth-order valence-electron chi connectivity index (χ4n) is 1.13. The minimum Gasteiger partial charge on any atom is -0.367 e. The van der Waals surface area contributed by atoms with Gasteiger partial charge in [-0.15, -0.1) is 10.2 Å². The van der Waals surface area contributed by atoms with Gasteiger partial charge in [-0.25, -0.2) is 0 Å². The average Bonchev–Trinajstić information content (AvgIpc) is 2.31. The van der Waals surface area contributed by atoms with Gasteiger partial charge in [0.25, 0.3) is 0 Å². The molecule has 2 N–H and O–H groups in total. The minimum atomic E-state index is -0.0624. The number of rotatable bonds is 6. The second-order valence-corrected chi connectivity index (χ2v) is 3.94. The van der Waals surface area contributed by atoms with Crippen LogP contribution in [0.5, 0.6) is 0 Å². The van der Waals surface area contributed by atoms with Crippen LogP contribution in [0.2, 0.25) is 0 Å². The summed E-state index contributed by atoms with van der Waals surface area (Å²) >= 11 is 0. The SMILES string of the molecule is CCC(=O)Nc1ccc(NCCN(C)C)nn1. The zero-order valence-corrected chi connectivity index (χ0v) is 10.5. The Morgan fingerprint density at radius 3 is 2.47 bits per heavy atom. The monoisotopic (exact) mass is 237 g/mol. The van der Waals surface area contributed by atoms with Crippen molar-refractivity contribution in [1.29, 1.82) is 0 Å². The van der Waals surface area contributed by atoms with Crippen LogP contribution in [0.15, 0.2) is 12.1 Å². The first-order chi connectivity index (χ1) is 8.11. The van der Waals surface area contributed by atoms with Crippen molar-refractivity contribution in [1.82, 2.24) is 15.1 Å². The van der Waals surface area contributed by atoms with E-state index in [1.54, 1.807) is 19.1 Å². The molecule has 0 atom stereocenters. The van der Waals surface area contributed by atoms with Gasteiger partial charge in [-0.1, -0.05) is 6.92 Å². The Balaban J connectivity index is 2.42. The molecule has 1 aromatic rings. The van der Waals surface area contributed by atoms with Crippen molar-refractivity contribution >= 4 is 17.5 Å². The van der Waals surface area contributed by atoms with E-state index in [2.05, 4.69) is 25.7 Å². The van der Waals surface area contributed by atoms with Gasteiger partial charge in [-0.2, -0.15) is 0 Å². The smallest absolute Gasteiger partial charge is 0.225 e. The maximum Gasteiger partial charge on any atom is 0.225 e. The number of carbonyl (C=O) groups is 1. The normalized spacial score (nSPS) is 10.4. The summed E-state index contributed by atoms with van der Waals surface area (Å²) in [5.41, 5.74) is 0. The summed E-state index contributed by atoms with van der Waals surface area (Å²) in [4.78, 5) is 13.2. The highest BCUT2D eigenvalue weighted by Crippen LogP contribution is 2.05. The summed E-state index contributed by atoms with van der Waals surface area (Å²) in [5, 5.41) is 13.7. The van der Waals surface area contributed by atoms with E-state index in [0.717, 1.165) is 13.1 Å². The standard InChI is InChI=1S/C11H19N5O/c1-4-11(17)13-10-6-5-9(14-15-10)12-7-8-16(2)3/h5-6H,4,7-8H2,1-3H3,(H,12,14)(H,13,15,17). The highest BCUT2D eigenvalue weighted by atomic mass is 16.1. The molecule has 0 aliphatic carbocycles. The van der Waals surface area contributed by atoms with Gasteiger partial charge in [0.1, 0.15) is 5.82 Å². The number of anilines is 2. The molecule has 1 rings (SSSR count). The van der Waals surface area contributed by atoms with Crippen LogP contribution in [-0.4, -0.2) is 48.2 Å². The molecule has 0 aromatic carbocycles. The van der Waals surface area contributed by atoms with Crippen molar-refractivity contribution in [2.24, 2.45) is 0 Å². The lowest BCUT2D eigenvalue weighted by Crippen LogP contribution is -2.21. The van der Waals surface area contributed by atoms with E-state index < -0.39 is 0 Å². The number of hydrogen-bond donors (Lipinski definition) is 2. The summed E-state index contributed by atoms with van der Waals surface area (Å²) in [6, 6.07) is 3.53. The van der Waals surface area contributed by atoms with Gasteiger partial charge >= 0.3 is 0 Å². The molecule has 0 radical (unpaired) electrons. The first kappa shape index (κ1) is 13.4. The predicted octanol–water partition coefficient (Wildman–Crippen LogP) is 0.799. The fourth-order valence-corrected chi connectivity index (χ4v) is 1.13. The van der Waals surface area contributed by atoms with Gasteiger partial charge in [0.2, 0.25) is 5.91 Å². The van der Waals surface area contributed by atoms with Crippen molar-refractivity contribution in [3.05, 3.63) is 12.1 Å². The molecule has 0 spiro atoms. The van der Waals surface area contributed by atoms with Crippen LogP contribution >= 0.6 is 0 Å². The van der Waals surface area contributed by atoms with Crippen LogP contribution in [-0.2, 0) is 4.79 Å². The zero-order valence-electron chi connectivity index (χ0n) is 10.5. The summed E-state index contributed by atoms with van der Waals surface area (Å²) in [6.07, 6.45) is 0.435. The van der Waals surface area contributed by atoms with Crippen molar-refractivity contribution in [2.75, 3.05) is 37.8 Å². The molecule has 6 heteroatoms. The minimum absolute atomic E-state index is 0.0624. The fraction of sp³-hybridized carbons (Fsp3) is 0.545. The summed E-state index contributed by atoms with van der Waals surface area (Å²) in [6.45, 7) is 3.53. The predicted molar refractivity (Wildman–Crippen MR) is 68.0 cm³/mol. The van der Waals surface area contributed by atoms with Crippen molar-refractivity contribution in [3.8, 4) is 0 Å². The molecule has 94 valence electrons. The van der Waals surface area contributed by atoms with Crippen molar-refractivity contribution < 1.29 is 4.79 Å². The first-order valence-electron chi connectivity index (χ1n) is 5.64. The molecule has 17 heavy (non-hydrogen) atoms. The number of amides is 1. The lowest BCUT2D eigenvalue weighted by atomic mass is 10.4. The van der Waals surface area contributed by atoms with Crippen molar-refractivity contribution in [3.63, 3.8) is 0 Å². The largest absolute Gasteiger partial charge is 0.367 e. The number of nitrogens with one attached hydrogen (secondary N) is 2. The highest BCUT2D eigenvalue weighted by Gasteiger charge is 2.01. The molecular weight excluding hydrogens is 218 g/mol. The number of nitrogens with zero attached hydrogens (tertiary/aromatic N) is 3.